The highest BCUT2D eigenvalue weighted by Crippen LogP contribution is 2.25. The maximum atomic E-state index is 12.4. The smallest absolute Gasteiger partial charge is 0.223 e. The van der Waals surface area contributed by atoms with E-state index in [-0.39, 0.29) is 24.2 Å². The molecule has 1 amide bonds. The molecule has 2 aliphatic heterocycles. The Balaban J connectivity index is 0.00000208. The van der Waals surface area contributed by atoms with E-state index in [2.05, 4.69) is 46.7 Å². The van der Waals surface area contributed by atoms with Gasteiger partial charge in [-0.3, -0.25) is 9.69 Å². The highest BCUT2D eigenvalue weighted by molar-refractivity contribution is 5.85. The number of hydrogen-bond donors (Lipinski definition) is 2. The maximum Gasteiger partial charge on any atom is 0.223 e. The summed E-state index contributed by atoms with van der Waals surface area (Å²) in [6.45, 7) is 7.06. The molecule has 1 atom stereocenters. The highest BCUT2D eigenvalue weighted by Gasteiger charge is 2.26. The summed E-state index contributed by atoms with van der Waals surface area (Å²) < 4.78 is 0. The Bertz CT molecular complexity index is 508. The number of carbonyl (C=O) groups excluding carboxylic acids is 1. The lowest BCUT2D eigenvalue weighted by atomic mass is 9.97. The molecular weight excluding hydrogens is 322 g/mol. The molecule has 2 heterocycles. The van der Waals surface area contributed by atoms with Crippen molar-refractivity contribution in [3.8, 4) is 0 Å². The third kappa shape index (κ3) is 4.95. The van der Waals surface area contributed by atoms with E-state index in [0.29, 0.717) is 6.04 Å². The first-order valence-corrected chi connectivity index (χ1v) is 9.03. The quantitative estimate of drug-likeness (QED) is 0.857. The van der Waals surface area contributed by atoms with Crippen LogP contribution in [0.2, 0.25) is 0 Å². The van der Waals surface area contributed by atoms with E-state index in [9.17, 15) is 4.79 Å². The fourth-order valence-corrected chi connectivity index (χ4v) is 3.73. The first-order valence-electron chi connectivity index (χ1n) is 9.03. The predicted octanol–water partition coefficient (Wildman–Crippen LogP) is 2.67. The molecule has 0 aromatic heterocycles. The molecule has 0 saturated carbocycles. The van der Waals surface area contributed by atoms with Crippen molar-refractivity contribution < 1.29 is 4.79 Å². The van der Waals surface area contributed by atoms with Crippen molar-refractivity contribution in [2.45, 2.75) is 38.6 Å². The van der Waals surface area contributed by atoms with Crippen molar-refractivity contribution in [2.75, 3.05) is 32.7 Å². The molecule has 134 valence electrons. The van der Waals surface area contributed by atoms with Crippen molar-refractivity contribution in [3.05, 3.63) is 35.4 Å². The number of carbonyl (C=O) groups is 1. The molecule has 2 saturated heterocycles. The highest BCUT2D eigenvalue weighted by atomic mass is 35.5. The minimum absolute atomic E-state index is 0. The predicted molar refractivity (Wildman–Crippen MR) is 101 cm³/mol. The van der Waals surface area contributed by atoms with E-state index in [0.717, 1.165) is 45.6 Å². The standard InChI is InChI=1S/C19H29N3O.ClH/c1-15-4-6-16(7-5-15)18(22-12-2-3-13-22)14-21-19(23)17-8-10-20-11-9-17;/h4-7,17-18,20H,2-3,8-14H2,1H3,(H,21,23);1H. The van der Waals surface area contributed by atoms with Crippen molar-refractivity contribution in [1.82, 2.24) is 15.5 Å². The number of amides is 1. The van der Waals surface area contributed by atoms with Gasteiger partial charge < -0.3 is 10.6 Å². The molecule has 0 radical (unpaired) electrons. The topological polar surface area (TPSA) is 44.4 Å². The number of nitrogens with one attached hydrogen (secondary N) is 2. The summed E-state index contributed by atoms with van der Waals surface area (Å²) in [4.78, 5) is 15.0. The fraction of sp³-hybridized carbons (Fsp3) is 0.632. The van der Waals surface area contributed by atoms with Gasteiger partial charge in [-0.2, -0.15) is 0 Å². The molecule has 0 aliphatic carbocycles. The first kappa shape index (κ1) is 19.2. The van der Waals surface area contributed by atoms with Crippen LogP contribution in [0, 0.1) is 12.8 Å². The van der Waals surface area contributed by atoms with Crippen LogP contribution < -0.4 is 10.6 Å². The lowest BCUT2D eigenvalue weighted by Crippen LogP contribution is -2.42. The molecule has 4 nitrogen and oxygen atoms in total. The lowest BCUT2D eigenvalue weighted by molar-refractivity contribution is -0.126. The molecular formula is C19H30ClN3O. The minimum atomic E-state index is 0. The first-order chi connectivity index (χ1) is 11.2. The van der Waals surface area contributed by atoms with Gasteiger partial charge in [0.1, 0.15) is 0 Å². The van der Waals surface area contributed by atoms with Crippen LogP contribution >= 0.6 is 12.4 Å². The fourth-order valence-electron chi connectivity index (χ4n) is 3.73. The van der Waals surface area contributed by atoms with Gasteiger partial charge in [0, 0.05) is 12.5 Å². The summed E-state index contributed by atoms with van der Waals surface area (Å²) >= 11 is 0. The summed E-state index contributed by atoms with van der Waals surface area (Å²) in [5.41, 5.74) is 2.61. The number of benzene rings is 1. The normalized spacial score (nSPS) is 20.4. The van der Waals surface area contributed by atoms with E-state index in [1.165, 1.54) is 24.0 Å². The van der Waals surface area contributed by atoms with Crippen LogP contribution in [-0.2, 0) is 4.79 Å². The summed E-state index contributed by atoms with van der Waals surface area (Å²) in [5.74, 6) is 0.427. The summed E-state index contributed by atoms with van der Waals surface area (Å²) in [5, 5.41) is 6.56. The summed E-state index contributed by atoms with van der Waals surface area (Å²) in [7, 11) is 0. The SMILES string of the molecule is Cc1ccc(C(CNC(=O)C2CCNCC2)N2CCCC2)cc1.Cl. The van der Waals surface area contributed by atoms with Gasteiger partial charge in [-0.25, -0.2) is 0 Å². The van der Waals surface area contributed by atoms with Gasteiger partial charge in [0.15, 0.2) is 0 Å². The van der Waals surface area contributed by atoms with Gasteiger partial charge in [-0.1, -0.05) is 29.8 Å². The number of aryl methyl sites for hydroxylation is 1. The van der Waals surface area contributed by atoms with E-state index in [4.69, 9.17) is 0 Å². The molecule has 5 heteroatoms. The zero-order chi connectivity index (χ0) is 16.1. The Morgan fingerprint density at radius 1 is 1.21 bits per heavy atom. The average molecular weight is 352 g/mol. The Hall–Kier alpha value is -1.10. The van der Waals surface area contributed by atoms with Crippen LogP contribution in [-0.4, -0.2) is 43.5 Å². The van der Waals surface area contributed by atoms with Crippen molar-refractivity contribution in [3.63, 3.8) is 0 Å². The van der Waals surface area contributed by atoms with E-state index >= 15 is 0 Å². The molecule has 2 N–H and O–H groups in total. The summed E-state index contributed by atoms with van der Waals surface area (Å²) in [6.07, 6.45) is 4.46. The van der Waals surface area contributed by atoms with Gasteiger partial charge in [0.05, 0.1) is 6.04 Å². The van der Waals surface area contributed by atoms with Crippen molar-refractivity contribution in [1.29, 1.82) is 0 Å². The molecule has 24 heavy (non-hydrogen) atoms. The molecule has 2 fully saturated rings. The van der Waals surface area contributed by atoms with Crippen LogP contribution in [0.3, 0.4) is 0 Å². The minimum Gasteiger partial charge on any atom is -0.354 e. The number of halogens is 1. The van der Waals surface area contributed by atoms with E-state index in [1.807, 2.05) is 0 Å². The third-order valence-electron chi connectivity index (χ3n) is 5.22. The van der Waals surface area contributed by atoms with Crippen LogP contribution in [0.25, 0.3) is 0 Å². The largest absolute Gasteiger partial charge is 0.354 e. The molecule has 0 spiro atoms. The lowest BCUT2D eigenvalue weighted by Gasteiger charge is -2.29. The Labute approximate surface area is 151 Å². The molecule has 0 bridgehead atoms. The van der Waals surface area contributed by atoms with Gasteiger partial charge in [-0.05, 0) is 64.3 Å². The average Bonchev–Trinajstić information content (AvgIpc) is 3.11. The van der Waals surface area contributed by atoms with Gasteiger partial charge in [0.2, 0.25) is 5.91 Å². The molecule has 3 rings (SSSR count). The number of likely N-dealkylation sites (tertiary alicyclic amines) is 1. The number of piperidine rings is 1. The van der Waals surface area contributed by atoms with Crippen LogP contribution in [0.15, 0.2) is 24.3 Å². The van der Waals surface area contributed by atoms with Gasteiger partial charge in [-0.15, -0.1) is 12.4 Å². The van der Waals surface area contributed by atoms with Crippen molar-refractivity contribution >= 4 is 18.3 Å². The van der Waals surface area contributed by atoms with Gasteiger partial charge in [0.25, 0.3) is 0 Å². The van der Waals surface area contributed by atoms with Crippen LogP contribution in [0.5, 0.6) is 0 Å². The van der Waals surface area contributed by atoms with Gasteiger partial charge >= 0.3 is 0 Å². The van der Waals surface area contributed by atoms with E-state index in [1.54, 1.807) is 0 Å². The third-order valence-corrected chi connectivity index (χ3v) is 5.22. The zero-order valence-electron chi connectivity index (χ0n) is 14.6. The number of hydrogen-bond acceptors (Lipinski definition) is 3. The maximum absolute atomic E-state index is 12.4. The van der Waals surface area contributed by atoms with Crippen LogP contribution in [0.4, 0.5) is 0 Å². The second-order valence-corrected chi connectivity index (χ2v) is 6.94. The number of nitrogens with zero attached hydrogens (tertiary/aromatic N) is 1. The second-order valence-electron chi connectivity index (χ2n) is 6.94. The Morgan fingerprint density at radius 3 is 2.46 bits per heavy atom. The molecule has 1 unspecified atom stereocenters. The number of rotatable bonds is 5. The monoisotopic (exact) mass is 351 g/mol. The molecule has 1 aromatic rings. The molecule has 2 aliphatic rings. The molecule has 1 aromatic carbocycles. The zero-order valence-corrected chi connectivity index (χ0v) is 15.4. The summed E-state index contributed by atoms with van der Waals surface area (Å²) in [6, 6.07) is 9.09. The van der Waals surface area contributed by atoms with Crippen LogP contribution in [0.1, 0.15) is 42.9 Å². The van der Waals surface area contributed by atoms with E-state index < -0.39 is 0 Å². The Morgan fingerprint density at radius 2 is 1.83 bits per heavy atom. The Kier molecular flexibility index (Phi) is 7.53. The second kappa shape index (κ2) is 9.40. The van der Waals surface area contributed by atoms with Crippen molar-refractivity contribution in [2.24, 2.45) is 5.92 Å².